The Bertz CT molecular complexity index is 683. The molecule has 1 aliphatic rings. The lowest BCUT2D eigenvalue weighted by molar-refractivity contribution is -0.143. The molecule has 0 radical (unpaired) electrons. The highest BCUT2D eigenvalue weighted by atomic mass is 35.5. The van der Waals surface area contributed by atoms with Crippen molar-refractivity contribution in [1.82, 2.24) is 4.90 Å². The molecule has 2 unspecified atom stereocenters. The predicted molar refractivity (Wildman–Crippen MR) is 94.3 cm³/mol. The van der Waals surface area contributed by atoms with Crippen molar-refractivity contribution in [2.45, 2.75) is 25.8 Å². The van der Waals surface area contributed by atoms with E-state index in [0.717, 1.165) is 23.7 Å². The summed E-state index contributed by atoms with van der Waals surface area (Å²) in [6.07, 6.45) is 1.68. The van der Waals surface area contributed by atoms with Crippen molar-refractivity contribution < 1.29 is 9.90 Å². The first kappa shape index (κ1) is 16.5. The molecule has 1 aromatic carbocycles. The van der Waals surface area contributed by atoms with Crippen molar-refractivity contribution in [3.05, 3.63) is 56.7 Å². The van der Waals surface area contributed by atoms with Gasteiger partial charge in [-0.25, -0.2) is 0 Å². The number of nitrogens with zero attached hydrogens (tertiary/aromatic N) is 1. The Morgan fingerprint density at radius 2 is 2.04 bits per heavy atom. The summed E-state index contributed by atoms with van der Waals surface area (Å²) >= 11 is 7.72. The number of hydrogen-bond acceptors (Lipinski definition) is 3. The van der Waals surface area contributed by atoms with Crippen LogP contribution in [0.3, 0.4) is 0 Å². The van der Waals surface area contributed by atoms with E-state index >= 15 is 0 Å². The Labute approximate surface area is 145 Å². The number of aliphatic carboxylic acids is 1. The van der Waals surface area contributed by atoms with Crippen LogP contribution in [0.1, 0.15) is 34.9 Å². The molecule has 3 rings (SSSR count). The third-order valence-corrected chi connectivity index (χ3v) is 5.71. The smallest absolute Gasteiger partial charge is 0.307 e. The summed E-state index contributed by atoms with van der Waals surface area (Å²) in [6, 6.07) is 12.5. The Morgan fingerprint density at radius 3 is 2.65 bits per heavy atom. The lowest BCUT2D eigenvalue weighted by Crippen LogP contribution is -2.41. The van der Waals surface area contributed by atoms with Crippen molar-refractivity contribution >= 4 is 28.9 Å². The number of carboxylic acids is 1. The number of likely N-dealkylation sites (tertiary alicyclic amines) is 1. The molecule has 0 bridgehead atoms. The predicted octanol–water partition coefficient (Wildman–Crippen LogP) is 4.60. The van der Waals surface area contributed by atoms with Crippen LogP contribution in [0, 0.1) is 12.8 Å². The van der Waals surface area contributed by atoms with E-state index in [-0.39, 0.29) is 12.0 Å². The lowest BCUT2D eigenvalue weighted by Gasteiger charge is -2.37. The van der Waals surface area contributed by atoms with E-state index < -0.39 is 5.97 Å². The third-order valence-electron chi connectivity index (χ3n) is 4.42. The van der Waals surface area contributed by atoms with Crippen molar-refractivity contribution in [3.63, 3.8) is 0 Å². The first-order chi connectivity index (χ1) is 11.0. The minimum Gasteiger partial charge on any atom is -0.481 e. The van der Waals surface area contributed by atoms with E-state index in [1.165, 1.54) is 16.0 Å². The molecule has 2 aromatic rings. The van der Waals surface area contributed by atoms with E-state index in [9.17, 15) is 9.90 Å². The van der Waals surface area contributed by atoms with Crippen LogP contribution in [0.2, 0.25) is 4.34 Å². The summed E-state index contributed by atoms with van der Waals surface area (Å²) in [5.41, 5.74) is 2.42. The maximum atomic E-state index is 11.4. The number of carbonyl (C=O) groups is 1. The maximum Gasteiger partial charge on any atom is 0.307 e. The molecule has 2 atom stereocenters. The van der Waals surface area contributed by atoms with Gasteiger partial charge in [-0.3, -0.25) is 9.69 Å². The van der Waals surface area contributed by atoms with Gasteiger partial charge in [0.2, 0.25) is 0 Å². The van der Waals surface area contributed by atoms with Crippen LogP contribution in [0.25, 0.3) is 0 Å². The van der Waals surface area contributed by atoms with Gasteiger partial charge >= 0.3 is 5.97 Å². The van der Waals surface area contributed by atoms with E-state index in [2.05, 4.69) is 42.2 Å². The fraction of sp³-hybridized carbons (Fsp3) is 0.389. The van der Waals surface area contributed by atoms with Crippen molar-refractivity contribution in [3.8, 4) is 0 Å². The molecule has 2 heterocycles. The number of benzene rings is 1. The molecule has 1 N–H and O–H groups in total. The molecule has 1 fully saturated rings. The number of thiophene rings is 1. The summed E-state index contributed by atoms with van der Waals surface area (Å²) in [5.74, 6) is -0.978. The summed E-state index contributed by atoms with van der Waals surface area (Å²) < 4.78 is 0.768. The van der Waals surface area contributed by atoms with E-state index in [1.807, 2.05) is 6.07 Å². The van der Waals surface area contributed by atoms with E-state index in [4.69, 9.17) is 11.6 Å². The third kappa shape index (κ3) is 3.77. The maximum absolute atomic E-state index is 11.4. The van der Waals surface area contributed by atoms with Gasteiger partial charge in [-0.2, -0.15) is 0 Å². The van der Waals surface area contributed by atoms with Gasteiger partial charge in [-0.15, -0.1) is 11.3 Å². The van der Waals surface area contributed by atoms with Crippen LogP contribution >= 0.6 is 22.9 Å². The standard InChI is InChI=1S/C18H20ClNO2S/c1-12-4-6-13(7-5-12)17(15-8-9-16(19)23-15)20-10-2-3-14(11-20)18(21)22/h4-9,14,17H,2-3,10-11H2,1H3,(H,21,22). The molecule has 122 valence electrons. The summed E-state index contributed by atoms with van der Waals surface area (Å²) in [6.45, 7) is 3.57. The van der Waals surface area contributed by atoms with Gasteiger partial charge in [0.1, 0.15) is 0 Å². The topological polar surface area (TPSA) is 40.5 Å². The summed E-state index contributed by atoms with van der Waals surface area (Å²) in [4.78, 5) is 14.9. The molecular weight excluding hydrogens is 330 g/mol. The number of hydrogen-bond donors (Lipinski definition) is 1. The highest BCUT2D eigenvalue weighted by molar-refractivity contribution is 7.16. The van der Waals surface area contributed by atoms with Gasteiger partial charge in [0.15, 0.2) is 0 Å². The molecule has 0 saturated carbocycles. The van der Waals surface area contributed by atoms with Crippen LogP contribution in [0.5, 0.6) is 0 Å². The van der Waals surface area contributed by atoms with E-state index in [1.54, 1.807) is 11.3 Å². The van der Waals surface area contributed by atoms with Crippen LogP contribution in [-0.4, -0.2) is 29.1 Å². The minimum atomic E-state index is -0.693. The largest absolute Gasteiger partial charge is 0.481 e. The highest BCUT2D eigenvalue weighted by Crippen LogP contribution is 2.37. The second kappa shape index (κ2) is 7.04. The molecule has 1 aliphatic heterocycles. The van der Waals surface area contributed by atoms with Crippen molar-refractivity contribution in [2.24, 2.45) is 5.92 Å². The fourth-order valence-electron chi connectivity index (χ4n) is 3.22. The average Bonchev–Trinajstić information content (AvgIpc) is 2.96. The molecule has 0 spiro atoms. The van der Waals surface area contributed by atoms with Gasteiger partial charge in [0.05, 0.1) is 16.3 Å². The van der Waals surface area contributed by atoms with Crippen LogP contribution < -0.4 is 0 Å². The van der Waals surface area contributed by atoms with Crippen LogP contribution in [0.4, 0.5) is 0 Å². The SMILES string of the molecule is Cc1ccc(C(c2ccc(Cl)s2)N2CCCC(C(=O)O)C2)cc1. The summed E-state index contributed by atoms with van der Waals surface area (Å²) in [7, 11) is 0. The zero-order chi connectivity index (χ0) is 16.4. The zero-order valence-electron chi connectivity index (χ0n) is 13.0. The highest BCUT2D eigenvalue weighted by Gasteiger charge is 2.31. The normalized spacial score (nSPS) is 20.3. The minimum absolute atomic E-state index is 0.0789. The first-order valence-corrected chi connectivity index (χ1v) is 9.02. The first-order valence-electron chi connectivity index (χ1n) is 7.83. The van der Waals surface area contributed by atoms with Crippen LogP contribution in [0.15, 0.2) is 36.4 Å². The van der Waals surface area contributed by atoms with Gasteiger partial charge in [0.25, 0.3) is 0 Å². The summed E-state index contributed by atoms with van der Waals surface area (Å²) in [5, 5.41) is 9.37. The van der Waals surface area contributed by atoms with Gasteiger partial charge in [-0.1, -0.05) is 41.4 Å². The number of piperidine rings is 1. The van der Waals surface area contributed by atoms with Gasteiger partial charge in [-0.05, 0) is 44.0 Å². The Kier molecular flexibility index (Phi) is 5.05. The molecule has 3 nitrogen and oxygen atoms in total. The van der Waals surface area contributed by atoms with Crippen molar-refractivity contribution in [2.75, 3.05) is 13.1 Å². The zero-order valence-corrected chi connectivity index (χ0v) is 14.6. The Balaban J connectivity index is 1.94. The van der Waals surface area contributed by atoms with Crippen molar-refractivity contribution in [1.29, 1.82) is 0 Å². The monoisotopic (exact) mass is 349 g/mol. The molecule has 0 aliphatic carbocycles. The Morgan fingerprint density at radius 1 is 1.30 bits per heavy atom. The number of rotatable bonds is 4. The fourth-order valence-corrected chi connectivity index (χ4v) is 4.45. The molecular formula is C18H20ClNO2S. The molecule has 23 heavy (non-hydrogen) atoms. The molecule has 1 saturated heterocycles. The second-order valence-corrected chi connectivity index (χ2v) is 7.87. The average molecular weight is 350 g/mol. The van der Waals surface area contributed by atoms with Gasteiger partial charge in [0, 0.05) is 11.4 Å². The van der Waals surface area contributed by atoms with Gasteiger partial charge < -0.3 is 5.11 Å². The molecule has 0 amide bonds. The number of aryl methyl sites for hydroxylation is 1. The number of halogens is 1. The van der Waals surface area contributed by atoms with E-state index in [0.29, 0.717) is 6.54 Å². The lowest BCUT2D eigenvalue weighted by atomic mass is 9.94. The second-order valence-electron chi connectivity index (χ2n) is 6.13. The van der Waals surface area contributed by atoms with Crippen LogP contribution in [-0.2, 0) is 4.79 Å². The Hall–Kier alpha value is -1.36. The molecule has 5 heteroatoms. The molecule has 1 aromatic heterocycles. The number of carboxylic acid groups (broad SMARTS) is 1. The quantitative estimate of drug-likeness (QED) is 0.877.